The summed E-state index contributed by atoms with van der Waals surface area (Å²) in [5, 5.41) is 3.71. The predicted octanol–water partition coefficient (Wildman–Crippen LogP) is 1.18. The van der Waals surface area contributed by atoms with Crippen molar-refractivity contribution in [1.29, 1.82) is 0 Å². The molecule has 1 aromatic rings. The Morgan fingerprint density at radius 2 is 2.15 bits per heavy atom. The van der Waals surface area contributed by atoms with Gasteiger partial charge in [0.2, 0.25) is 0 Å². The molecule has 2 saturated heterocycles. The molecule has 0 saturated carbocycles. The third-order valence-corrected chi connectivity index (χ3v) is 7.82. The van der Waals surface area contributed by atoms with Crippen LogP contribution in [0.25, 0.3) is 0 Å². The van der Waals surface area contributed by atoms with Crippen LogP contribution in [0.1, 0.15) is 45.1 Å². The Morgan fingerprint density at radius 3 is 2.89 bits per heavy atom. The highest BCUT2D eigenvalue weighted by molar-refractivity contribution is 5.84. The van der Waals surface area contributed by atoms with Crippen LogP contribution in [0.4, 0.5) is 5.69 Å². The molecule has 3 nitrogen and oxygen atoms in total. The van der Waals surface area contributed by atoms with Gasteiger partial charge in [0.1, 0.15) is 18.9 Å². The van der Waals surface area contributed by atoms with Gasteiger partial charge in [-0.1, -0.05) is 37.6 Å². The third kappa shape index (κ3) is 2.32. The third-order valence-electron chi connectivity index (χ3n) is 7.82. The maximum atomic E-state index is 12.2. The lowest BCUT2D eigenvalue weighted by Gasteiger charge is -2.53. The van der Waals surface area contributed by atoms with Crippen LogP contribution in [0.2, 0.25) is 0 Å². The molecule has 1 N–H and O–H groups in total. The number of allylic oxidation sites excluding steroid dienone is 2. The molecule has 3 heterocycles. The smallest absolute Gasteiger partial charge is 0.148 e. The van der Waals surface area contributed by atoms with E-state index in [9.17, 15) is 4.79 Å². The Hall–Kier alpha value is -1.14. The number of rotatable bonds is 4. The molecule has 5 rings (SSSR count). The van der Waals surface area contributed by atoms with Crippen LogP contribution < -0.4 is 29.3 Å². The Morgan fingerprint density at radius 1 is 1.33 bits per heavy atom. The van der Waals surface area contributed by atoms with Crippen LogP contribution in [0.3, 0.4) is 0 Å². The average molecular weight is 476 g/mol. The van der Waals surface area contributed by atoms with Crippen LogP contribution >= 0.6 is 0 Å². The molecule has 0 amide bonds. The van der Waals surface area contributed by atoms with Gasteiger partial charge in [0, 0.05) is 35.7 Å². The quantitative estimate of drug-likeness (QED) is 0.306. The van der Waals surface area contributed by atoms with Crippen molar-refractivity contribution >= 4 is 12.0 Å². The zero-order valence-corrected chi connectivity index (χ0v) is 18.5. The first-order valence-corrected chi connectivity index (χ1v) is 10.3. The molecule has 27 heavy (non-hydrogen) atoms. The van der Waals surface area contributed by atoms with E-state index in [0.29, 0.717) is 12.0 Å². The van der Waals surface area contributed by atoms with E-state index < -0.39 is 0 Å². The minimum absolute atomic E-state index is 0. The Kier molecular flexibility index (Phi) is 4.78. The number of nitrogens with one attached hydrogen (secondary N) is 1. The van der Waals surface area contributed by atoms with E-state index in [1.807, 2.05) is 0 Å². The number of nitrogens with zero attached hydrogens (tertiary/aromatic N) is 1. The van der Waals surface area contributed by atoms with Crippen molar-refractivity contribution < 1.29 is 33.3 Å². The van der Waals surface area contributed by atoms with E-state index in [0.717, 1.165) is 24.8 Å². The van der Waals surface area contributed by atoms with E-state index in [2.05, 4.69) is 49.5 Å². The number of hydrogen-bond acceptors (Lipinski definition) is 2. The molecular formula is C23H29IN2O. The van der Waals surface area contributed by atoms with Crippen LogP contribution in [-0.4, -0.2) is 36.4 Å². The zero-order chi connectivity index (χ0) is 17.9. The number of benzene rings is 1. The summed E-state index contributed by atoms with van der Waals surface area (Å²) < 4.78 is 1.23. The number of anilines is 1. The molecule has 2 fully saturated rings. The van der Waals surface area contributed by atoms with Gasteiger partial charge in [-0.3, -0.25) is 4.79 Å². The van der Waals surface area contributed by atoms with Crippen LogP contribution in [0.5, 0.6) is 0 Å². The monoisotopic (exact) mass is 476 g/mol. The number of carbonyl (C=O) groups excluding carboxylic acids is 1. The van der Waals surface area contributed by atoms with Gasteiger partial charge in [-0.05, 0) is 30.5 Å². The van der Waals surface area contributed by atoms with Gasteiger partial charge in [0.05, 0.1) is 18.5 Å². The van der Waals surface area contributed by atoms with Gasteiger partial charge in [-0.2, -0.15) is 0 Å². The maximum Gasteiger partial charge on any atom is 0.148 e. The summed E-state index contributed by atoms with van der Waals surface area (Å²) in [4.78, 5) is 12.2. The van der Waals surface area contributed by atoms with Crippen LogP contribution in [0, 0.1) is 5.92 Å². The van der Waals surface area contributed by atoms with E-state index in [4.69, 9.17) is 0 Å². The number of piperidine rings is 1. The molecule has 0 aromatic heterocycles. The topological polar surface area (TPSA) is 29.1 Å². The van der Waals surface area contributed by atoms with Gasteiger partial charge in [-0.15, -0.1) is 0 Å². The van der Waals surface area contributed by atoms with Crippen molar-refractivity contribution in [1.82, 2.24) is 0 Å². The summed E-state index contributed by atoms with van der Waals surface area (Å²) in [6, 6.07) is 9.39. The summed E-state index contributed by atoms with van der Waals surface area (Å²) >= 11 is 0. The minimum atomic E-state index is 0. The molecule has 144 valence electrons. The lowest BCUT2D eigenvalue weighted by atomic mass is 9.61. The molecular weight excluding hydrogens is 447 g/mol. The van der Waals surface area contributed by atoms with Crippen molar-refractivity contribution in [3.63, 3.8) is 0 Å². The highest BCUT2D eigenvalue weighted by atomic mass is 127. The number of para-hydroxylation sites is 1. The number of hydrogen-bond donors (Lipinski definition) is 1. The molecule has 1 spiro atoms. The summed E-state index contributed by atoms with van der Waals surface area (Å²) in [5.74, 6) is 0.318. The van der Waals surface area contributed by atoms with Crippen molar-refractivity contribution in [2.75, 3.05) is 25.0 Å². The van der Waals surface area contributed by atoms with Crippen molar-refractivity contribution in [3.8, 4) is 0 Å². The standard InChI is InChI=1S/C23H28N2O.HI/c1-3-5-11-25-12-10-23-19-8-6-7-9-20(19)24-22(23)18(15-26)17(13-21(23)25)16(4-2)14-25;/h4,6-9,15,17,21H,3,5,10-14H2,1-2H3;1H/b16-4+;. The van der Waals surface area contributed by atoms with Gasteiger partial charge in [0.25, 0.3) is 0 Å². The van der Waals surface area contributed by atoms with Crippen molar-refractivity contribution in [3.05, 3.63) is 52.7 Å². The Labute approximate surface area is 179 Å². The molecule has 1 aliphatic carbocycles. The van der Waals surface area contributed by atoms with Crippen LogP contribution in [0.15, 0.2) is 47.2 Å². The fourth-order valence-electron chi connectivity index (χ4n) is 6.70. The Bertz CT molecular complexity index is 845. The van der Waals surface area contributed by atoms with Crippen molar-refractivity contribution in [2.45, 2.75) is 51.0 Å². The van der Waals surface area contributed by atoms with E-state index in [1.54, 1.807) is 0 Å². The summed E-state index contributed by atoms with van der Waals surface area (Å²) in [7, 11) is 0. The lowest BCUT2D eigenvalue weighted by Crippen LogP contribution is -3.00. The van der Waals surface area contributed by atoms with Crippen LogP contribution in [-0.2, 0) is 10.2 Å². The summed E-state index contributed by atoms with van der Waals surface area (Å²) in [6.45, 7) is 8.12. The first kappa shape index (κ1) is 19.2. The fraction of sp³-hybridized carbons (Fsp3) is 0.522. The normalized spacial score (nSPS) is 36.7. The highest BCUT2D eigenvalue weighted by Gasteiger charge is 2.68. The van der Waals surface area contributed by atoms with Gasteiger partial charge in [-0.25, -0.2) is 0 Å². The van der Waals surface area contributed by atoms with Gasteiger partial charge < -0.3 is 33.8 Å². The van der Waals surface area contributed by atoms with Gasteiger partial charge >= 0.3 is 0 Å². The van der Waals surface area contributed by atoms with E-state index in [-0.39, 0.29) is 29.4 Å². The molecule has 1 aromatic carbocycles. The number of quaternary nitrogens is 1. The zero-order valence-electron chi connectivity index (χ0n) is 16.3. The number of aldehydes is 1. The average Bonchev–Trinajstić information content (AvgIpc) is 3.20. The summed E-state index contributed by atoms with van der Waals surface area (Å²) in [5.41, 5.74) is 6.47. The van der Waals surface area contributed by atoms with Gasteiger partial charge in [0.15, 0.2) is 0 Å². The van der Waals surface area contributed by atoms with E-state index in [1.165, 1.54) is 59.4 Å². The summed E-state index contributed by atoms with van der Waals surface area (Å²) in [6.07, 6.45) is 8.31. The van der Waals surface area contributed by atoms with Crippen molar-refractivity contribution in [2.24, 2.45) is 5.92 Å². The highest BCUT2D eigenvalue weighted by Crippen LogP contribution is 2.63. The van der Waals surface area contributed by atoms with E-state index >= 15 is 0 Å². The molecule has 2 bridgehead atoms. The lowest BCUT2D eigenvalue weighted by molar-refractivity contribution is -0.941. The molecule has 4 unspecified atom stereocenters. The Balaban J connectivity index is 0.00000180. The number of unbranched alkanes of at least 4 members (excludes halogenated alkanes) is 1. The first-order chi connectivity index (χ1) is 12.7. The molecule has 0 radical (unpaired) electrons. The molecule has 4 atom stereocenters. The second-order valence-electron chi connectivity index (χ2n) is 8.69. The fourth-order valence-corrected chi connectivity index (χ4v) is 6.70. The molecule has 3 aliphatic heterocycles. The SMILES string of the molecule is C/C=C1\C[N+]2(CCCC)CCC34C(=C(C=O)C1CC32)Nc1ccccc14.[I-]. The molecule has 4 aliphatic rings. The number of carbonyl (C=O) groups is 1. The maximum absolute atomic E-state index is 12.2. The number of halogens is 1. The predicted molar refractivity (Wildman–Crippen MR) is 105 cm³/mol. The largest absolute Gasteiger partial charge is 1.00 e. The molecule has 4 heteroatoms. The number of fused-ring (bicyclic) bond motifs is 2. The first-order valence-electron chi connectivity index (χ1n) is 10.3. The minimum Gasteiger partial charge on any atom is -1.00 e. The second-order valence-corrected chi connectivity index (χ2v) is 8.69. The second kappa shape index (κ2) is 6.73.